The molecule has 49 heavy (non-hydrogen) atoms. The summed E-state index contributed by atoms with van der Waals surface area (Å²) in [6, 6.07) is 6.88. The summed E-state index contributed by atoms with van der Waals surface area (Å²) in [5, 5.41) is 0. The fourth-order valence-corrected chi connectivity index (χ4v) is 7.68. The molecule has 12 heteroatoms. The fourth-order valence-electron chi connectivity index (χ4n) is 7.68. The standard InChI is InChI=1S/C37H45N4O8/c1-46-20-16-38-28(39(17-21-47-2)31-30(38)34(42)24-10-5-6-11-25(24)35(31)43)14-9-15-29-40(18-22-48-3)32-33(41(29)19-23-49-4)37(45)27-13-8-7-12-26(27)36(32)44/h5-6,9-11,14-15,26-27H,7-8,12-13,16-23H2,1-4H3/q+1. The molecular formula is C37H45N4O8+. The zero-order valence-electron chi connectivity index (χ0n) is 28.7. The van der Waals surface area contributed by atoms with Crippen LogP contribution in [0.15, 0.2) is 53.6 Å². The van der Waals surface area contributed by atoms with Crippen LogP contribution in [-0.4, -0.2) is 105 Å². The van der Waals surface area contributed by atoms with Crippen molar-refractivity contribution in [3.05, 3.63) is 82.0 Å². The predicted octanol–water partition coefficient (Wildman–Crippen LogP) is 3.31. The number of nitrogens with zero attached hydrogens (tertiary/aromatic N) is 4. The summed E-state index contributed by atoms with van der Waals surface area (Å²) in [7, 11) is 6.40. The molecule has 0 N–H and O–H groups in total. The lowest BCUT2D eigenvalue weighted by Gasteiger charge is -2.31. The molecule has 0 amide bonds. The highest BCUT2D eigenvalue weighted by atomic mass is 16.5. The van der Waals surface area contributed by atoms with E-state index in [1.165, 1.54) is 0 Å². The molecule has 1 aromatic carbocycles. The third-order valence-electron chi connectivity index (χ3n) is 9.95. The van der Waals surface area contributed by atoms with Gasteiger partial charge in [0.1, 0.15) is 30.3 Å². The number of benzene rings is 1. The smallest absolute Gasteiger partial charge is 0.282 e. The van der Waals surface area contributed by atoms with Crippen LogP contribution in [0.3, 0.4) is 0 Å². The van der Waals surface area contributed by atoms with Gasteiger partial charge in [0.15, 0.2) is 0 Å². The van der Waals surface area contributed by atoms with E-state index in [1.807, 2.05) is 37.2 Å². The molecule has 12 nitrogen and oxygen atoms in total. The van der Waals surface area contributed by atoms with Crippen molar-refractivity contribution in [2.75, 3.05) is 68.0 Å². The number of hydrogen-bond donors (Lipinski definition) is 0. The number of ketones is 4. The number of aromatic nitrogens is 2. The van der Waals surface area contributed by atoms with Crippen LogP contribution < -0.4 is 4.57 Å². The van der Waals surface area contributed by atoms with Crippen LogP contribution in [0.5, 0.6) is 0 Å². The van der Waals surface area contributed by atoms with E-state index < -0.39 is 0 Å². The molecular weight excluding hydrogens is 628 g/mol. The highest BCUT2D eigenvalue weighted by Gasteiger charge is 2.51. The van der Waals surface area contributed by atoms with Crippen LogP contribution in [-0.2, 0) is 32.0 Å². The average Bonchev–Trinajstić information content (AvgIpc) is 3.61. The van der Waals surface area contributed by atoms with Crippen molar-refractivity contribution < 1.29 is 42.7 Å². The van der Waals surface area contributed by atoms with Crippen molar-refractivity contribution in [1.29, 1.82) is 0 Å². The monoisotopic (exact) mass is 673 g/mol. The van der Waals surface area contributed by atoms with Crippen molar-refractivity contribution in [3.63, 3.8) is 0 Å². The van der Waals surface area contributed by atoms with Crippen LogP contribution in [0.25, 0.3) is 6.08 Å². The number of rotatable bonds is 14. The minimum atomic E-state index is -0.307. The minimum Gasteiger partial charge on any atom is -0.383 e. The van der Waals surface area contributed by atoms with Crippen LogP contribution >= 0.6 is 0 Å². The van der Waals surface area contributed by atoms with Gasteiger partial charge in [-0.15, -0.1) is 0 Å². The molecule has 1 saturated carbocycles. The Morgan fingerprint density at radius 3 is 1.82 bits per heavy atom. The van der Waals surface area contributed by atoms with Gasteiger partial charge in [-0.05, 0) is 18.9 Å². The molecule has 1 aliphatic heterocycles. The van der Waals surface area contributed by atoms with Crippen molar-refractivity contribution >= 4 is 29.2 Å². The van der Waals surface area contributed by atoms with E-state index in [-0.39, 0.29) is 35.0 Å². The molecule has 1 fully saturated rings. The molecule has 0 radical (unpaired) electrons. The van der Waals surface area contributed by atoms with Gasteiger partial charge in [0.2, 0.25) is 34.5 Å². The minimum absolute atomic E-state index is 0.0142. The Hall–Kier alpha value is -4.23. The number of hydrogen-bond acceptors (Lipinski definition) is 10. The Kier molecular flexibility index (Phi) is 10.7. The summed E-state index contributed by atoms with van der Waals surface area (Å²) < 4.78 is 25.6. The summed E-state index contributed by atoms with van der Waals surface area (Å²) in [5.74, 6) is 0.239. The van der Waals surface area contributed by atoms with E-state index in [0.717, 1.165) is 12.8 Å². The number of carbonyl (C=O) groups excluding carboxylic acids is 4. The molecule has 3 aliphatic carbocycles. The molecule has 6 rings (SSSR count). The SMILES string of the molecule is COCCN1C(=C/C=C/c2n(CCOC)c3c([n+]2CCOC)C(=O)C2CCCCC2C3=O)N(CCOC)C2=C1C(=O)c1ccccc1C2=O. The molecule has 0 spiro atoms. The van der Waals surface area contributed by atoms with E-state index in [0.29, 0.717) is 111 Å². The van der Waals surface area contributed by atoms with Crippen molar-refractivity contribution in [2.45, 2.75) is 38.8 Å². The molecule has 0 bridgehead atoms. The number of fused-ring (bicyclic) bond motifs is 3. The van der Waals surface area contributed by atoms with Gasteiger partial charge in [-0.3, -0.25) is 19.2 Å². The third-order valence-corrected chi connectivity index (χ3v) is 9.95. The highest BCUT2D eigenvalue weighted by molar-refractivity contribution is 6.27. The summed E-state index contributed by atoms with van der Waals surface area (Å²) in [6.07, 6.45) is 8.87. The number of imidazole rings is 1. The topological polar surface area (TPSA) is 120 Å². The van der Waals surface area contributed by atoms with Crippen LogP contribution in [0.1, 0.15) is 73.2 Å². The van der Waals surface area contributed by atoms with Crippen LogP contribution in [0.4, 0.5) is 0 Å². The lowest BCUT2D eigenvalue weighted by molar-refractivity contribution is -0.701. The van der Waals surface area contributed by atoms with E-state index in [4.69, 9.17) is 18.9 Å². The molecule has 2 unspecified atom stereocenters. The van der Waals surface area contributed by atoms with E-state index >= 15 is 0 Å². The number of methoxy groups -OCH3 is 4. The van der Waals surface area contributed by atoms with Gasteiger partial charge >= 0.3 is 0 Å². The second kappa shape index (κ2) is 15.1. The van der Waals surface area contributed by atoms with Crippen LogP contribution in [0.2, 0.25) is 0 Å². The maximum atomic E-state index is 14.1. The largest absolute Gasteiger partial charge is 0.383 e. The molecule has 260 valence electrons. The van der Waals surface area contributed by atoms with Gasteiger partial charge in [-0.25, -0.2) is 9.13 Å². The number of carbonyl (C=O) groups is 4. The maximum absolute atomic E-state index is 14.1. The normalized spacial score (nSPS) is 20.4. The first-order valence-electron chi connectivity index (χ1n) is 17.0. The van der Waals surface area contributed by atoms with Crippen molar-refractivity contribution in [2.24, 2.45) is 11.8 Å². The maximum Gasteiger partial charge on any atom is 0.282 e. The number of ether oxygens (including phenoxy) is 4. The van der Waals surface area contributed by atoms with Crippen molar-refractivity contribution in [1.82, 2.24) is 14.4 Å². The molecule has 2 heterocycles. The second-order valence-electron chi connectivity index (χ2n) is 12.6. The quantitative estimate of drug-likeness (QED) is 0.276. The number of Topliss-reactive ketones (excluding diaryl/α,β-unsaturated/α-hetero) is 4. The Morgan fingerprint density at radius 1 is 0.735 bits per heavy atom. The van der Waals surface area contributed by atoms with Gasteiger partial charge in [-0.1, -0.05) is 43.2 Å². The average molecular weight is 674 g/mol. The Bertz CT molecular complexity index is 1620. The Labute approximate surface area is 286 Å². The third kappa shape index (κ3) is 6.11. The van der Waals surface area contributed by atoms with E-state index in [1.54, 1.807) is 52.7 Å². The summed E-state index contributed by atoms with van der Waals surface area (Å²) in [6.45, 7) is 2.74. The van der Waals surface area contributed by atoms with E-state index in [9.17, 15) is 19.2 Å². The van der Waals surface area contributed by atoms with Gasteiger partial charge in [-0.2, -0.15) is 0 Å². The first kappa shape index (κ1) is 34.6. The lowest BCUT2D eigenvalue weighted by atomic mass is 9.70. The van der Waals surface area contributed by atoms with Gasteiger partial charge in [0.05, 0.1) is 26.4 Å². The van der Waals surface area contributed by atoms with Crippen molar-refractivity contribution in [3.8, 4) is 0 Å². The van der Waals surface area contributed by atoms with Gasteiger partial charge < -0.3 is 28.7 Å². The Morgan fingerprint density at radius 2 is 1.27 bits per heavy atom. The fraction of sp³-hybridized carbons (Fsp3) is 0.486. The van der Waals surface area contributed by atoms with Gasteiger partial charge in [0.25, 0.3) is 5.82 Å². The molecule has 0 saturated heterocycles. The highest BCUT2D eigenvalue weighted by Crippen LogP contribution is 2.41. The Balaban J connectivity index is 1.47. The first-order chi connectivity index (χ1) is 23.9. The molecule has 4 aliphatic rings. The molecule has 2 atom stereocenters. The first-order valence-corrected chi connectivity index (χ1v) is 17.0. The van der Waals surface area contributed by atoms with E-state index in [2.05, 4.69) is 0 Å². The molecule has 1 aromatic heterocycles. The predicted molar refractivity (Wildman–Crippen MR) is 179 cm³/mol. The summed E-state index contributed by atoms with van der Waals surface area (Å²) in [5.41, 5.74) is 2.22. The zero-order valence-corrected chi connectivity index (χ0v) is 28.7. The number of allylic oxidation sites excluding steroid dienone is 4. The zero-order chi connectivity index (χ0) is 34.7. The van der Waals surface area contributed by atoms with Crippen LogP contribution in [0, 0.1) is 11.8 Å². The van der Waals surface area contributed by atoms with Gasteiger partial charge in [0, 0.05) is 70.6 Å². The summed E-state index contributed by atoms with van der Waals surface area (Å²) in [4.78, 5) is 59.8. The molecule has 2 aromatic rings. The second-order valence-corrected chi connectivity index (χ2v) is 12.6. The summed E-state index contributed by atoms with van der Waals surface area (Å²) >= 11 is 0. The lowest BCUT2D eigenvalue weighted by Crippen LogP contribution is -2.48.